The summed E-state index contributed by atoms with van der Waals surface area (Å²) in [6, 6.07) is -0.403. The number of likely N-dealkylation sites (tertiary alicyclic amines) is 2. The smallest absolute Gasteiger partial charge is 0.242 e. The summed E-state index contributed by atoms with van der Waals surface area (Å²) in [6.07, 6.45) is 3.81. The lowest BCUT2D eigenvalue weighted by molar-refractivity contribution is -0.142. The Morgan fingerprint density at radius 1 is 1.25 bits per heavy atom. The van der Waals surface area contributed by atoms with Crippen molar-refractivity contribution in [3.63, 3.8) is 0 Å². The minimum atomic E-state index is -0.403. The van der Waals surface area contributed by atoms with Crippen LogP contribution in [-0.4, -0.2) is 53.8 Å². The molecule has 0 aliphatic carbocycles. The van der Waals surface area contributed by atoms with E-state index >= 15 is 0 Å². The molecule has 0 bridgehead atoms. The van der Waals surface area contributed by atoms with Gasteiger partial charge in [0.05, 0.1) is 12.6 Å². The number of hydrogen-bond donors (Lipinski definition) is 1. The van der Waals surface area contributed by atoms with Gasteiger partial charge in [-0.25, -0.2) is 0 Å². The van der Waals surface area contributed by atoms with Crippen molar-refractivity contribution in [2.45, 2.75) is 31.7 Å². The van der Waals surface area contributed by atoms with Crippen LogP contribution >= 0.6 is 0 Å². The maximum Gasteiger partial charge on any atom is 0.242 e. The van der Waals surface area contributed by atoms with Crippen LogP contribution in [-0.2, 0) is 9.59 Å². The number of amides is 2. The molecular formula is C11H19N3O2. The van der Waals surface area contributed by atoms with Crippen LogP contribution in [0.25, 0.3) is 0 Å². The maximum atomic E-state index is 11.9. The first kappa shape index (κ1) is 11.4. The second-order valence-electron chi connectivity index (χ2n) is 4.60. The summed E-state index contributed by atoms with van der Waals surface area (Å²) in [5.74, 6) is -0.00116. The molecule has 2 aliphatic rings. The largest absolute Gasteiger partial charge is 0.341 e. The van der Waals surface area contributed by atoms with Gasteiger partial charge in [-0.3, -0.25) is 9.59 Å². The van der Waals surface area contributed by atoms with E-state index in [0.717, 1.165) is 38.8 Å². The molecule has 2 heterocycles. The van der Waals surface area contributed by atoms with Gasteiger partial charge in [-0.2, -0.15) is 0 Å². The highest BCUT2D eigenvalue weighted by molar-refractivity contribution is 5.88. The molecule has 0 aromatic heterocycles. The molecule has 2 saturated heterocycles. The number of hydrogen-bond acceptors (Lipinski definition) is 3. The number of piperidine rings is 1. The van der Waals surface area contributed by atoms with E-state index < -0.39 is 6.04 Å². The summed E-state index contributed by atoms with van der Waals surface area (Å²) in [5, 5.41) is 0. The lowest BCUT2D eigenvalue weighted by atomic mass is 10.1. The van der Waals surface area contributed by atoms with Crippen LogP contribution in [0.15, 0.2) is 0 Å². The molecule has 2 aliphatic heterocycles. The van der Waals surface area contributed by atoms with Crippen molar-refractivity contribution in [1.29, 1.82) is 0 Å². The van der Waals surface area contributed by atoms with Gasteiger partial charge in [-0.15, -0.1) is 0 Å². The zero-order chi connectivity index (χ0) is 11.5. The Kier molecular flexibility index (Phi) is 3.43. The molecule has 2 amide bonds. The Labute approximate surface area is 95.6 Å². The van der Waals surface area contributed by atoms with E-state index in [9.17, 15) is 9.59 Å². The summed E-state index contributed by atoms with van der Waals surface area (Å²) in [4.78, 5) is 27.0. The average molecular weight is 225 g/mol. The van der Waals surface area contributed by atoms with E-state index in [4.69, 9.17) is 5.73 Å². The van der Waals surface area contributed by atoms with Crippen molar-refractivity contribution < 1.29 is 9.59 Å². The molecule has 5 heteroatoms. The van der Waals surface area contributed by atoms with Gasteiger partial charge in [0.2, 0.25) is 11.8 Å². The Balaban J connectivity index is 1.88. The molecule has 1 atom stereocenters. The predicted octanol–water partition coefficient (Wildman–Crippen LogP) is -0.441. The fourth-order valence-electron chi connectivity index (χ4n) is 2.36. The Morgan fingerprint density at radius 3 is 2.62 bits per heavy atom. The van der Waals surface area contributed by atoms with Crippen LogP contribution in [0.5, 0.6) is 0 Å². The van der Waals surface area contributed by atoms with Gasteiger partial charge in [0.15, 0.2) is 0 Å². The van der Waals surface area contributed by atoms with Crippen LogP contribution in [0.4, 0.5) is 0 Å². The van der Waals surface area contributed by atoms with Crippen LogP contribution in [0.3, 0.4) is 0 Å². The standard InChI is InChI=1S/C11H19N3O2/c12-9-4-3-7-14(11(9)16)8-10(15)13-5-1-2-6-13/h9H,1-8,12H2. The van der Waals surface area contributed by atoms with Crippen LogP contribution in [0, 0.1) is 0 Å². The lowest BCUT2D eigenvalue weighted by Crippen LogP contribution is -2.51. The quantitative estimate of drug-likeness (QED) is 0.692. The molecule has 1 unspecified atom stereocenters. The highest BCUT2D eigenvalue weighted by Crippen LogP contribution is 2.12. The molecule has 0 spiro atoms. The third kappa shape index (κ3) is 2.35. The number of rotatable bonds is 2. The molecule has 90 valence electrons. The maximum absolute atomic E-state index is 11.9. The molecule has 0 aromatic rings. The fourth-order valence-corrected chi connectivity index (χ4v) is 2.36. The van der Waals surface area contributed by atoms with E-state index in [-0.39, 0.29) is 18.4 Å². The summed E-state index contributed by atoms with van der Waals surface area (Å²) in [7, 11) is 0. The van der Waals surface area contributed by atoms with Crippen molar-refractivity contribution in [3.05, 3.63) is 0 Å². The summed E-state index contributed by atoms with van der Waals surface area (Å²) in [6.45, 7) is 2.57. The first-order valence-electron chi connectivity index (χ1n) is 6.00. The molecule has 0 radical (unpaired) electrons. The minimum Gasteiger partial charge on any atom is -0.341 e. The molecule has 16 heavy (non-hydrogen) atoms. The van der Waals surface area contributed by atoms with Crippen molar-refractivity contribution >= 4 is 11.8 Å². The van der Waals surface area contributed by atoms with E-state index in [0.29, 0.717) is 6.54 Å². The van der Waals surface area contributed by atoms with Gasteiger partial charge in [0.1, 0.15) is 0 Å². The number of nitrogens with two attached hydrogens (primary N) is 1. The Morgan fingerprint density at radius 2 is 1.94 bits per heavy atom. The molecule has 0 aromatic carbocycles. The first-order chi connectivity index (χ1) is 7.68. The van der Waals surface area contributed by atoms with E-state index in [2.05, 4.69) is 0 Å². The monoisotopic (exact) mass is 225 g/mol. The average Bonchev–Trinajstić information content (AvgIpc) is 2.78. The molecule has 2 rings (SSSR count). The van der Waals surface area contributed by atoms with Crippen molar-refractivity contribution in [3.8, 4) is 0 Å². The Bertz CT molecular complexity index is 287. The second-order valence-corrected chi connectivity index (χ2v) is 4.60. The van der Waals surface area contributed by atoms with Crippen molar-refractivity contribution in [2.24, 2.45) is 5.73 Å². The lowest BCUT2D eigenvalue weighted by Gasteiger charge is -2.31. The van der Waals surface area contributed by atoms with Crippen molar-refractivity contribution in [2.75, 3.05) is 26.2 Å². The SMILES string of the molecule is NC1CCCN(CC(=O)N2CCCC2)C1=O. The summed E-state index contributed by atoms with van der Waals surface area (Å²) < 4.78 is 0. The zero-order valence-corrected chi connectivity index (χ0v) is 9.52. The zero-order valence-electron chi connectivity index (χ0n) is 9.52. The van der Waals surface area contributed by atoms with Crippen LogP contribution < -0.4 is 5.73 Å². The highest BCUT2D eigenvalue weighted by Gasteiger charge is 2.28. The van der Waals surface area contributed by atoms with Gasteiger partial charge >= 0.3 is 0 Å². The van der Waals surface area contributed by atoms with Gasteiger partial charge in [0, 0.05) is 19.6 Å². The fraction of sp³-hybridized carbons (Fsp3) is 0.818. The van der Waals surface area contributed by atoms with Gasteiger partial charge in [-0.05, 0) is 25.7 Å². The predicted molar refractivity (Wildman–Crippen MR) is 59.6 cm³/mol. The minimum absolute atomic E-state index is 0.0694. The second kappa shape index (κ2) is 4.82. The normalized spacial score (nSPS) is 26.3. The number of nitrogens with zero attached hydrogens (tertiary/aromatic N) is 2. The molecule has 5 nitrogen and oxygen atoms in total. The van der Waals surface area contributed by atoms with E-state index in [1.807, 2.05) is 4.90 Å². The number of carbonyl (C=O) groups is 2. The topological polar surface area (TPSA) is 66.6 Å². The van der Waals surface area contributed by atoms with E-state index in [1.165, 1.54) is 0 Å². The van der Waals surface area contributed by atoms with Crippen molar-refractivity contribution in [1.82, 2.24) is 9.80 Å². The van der Waals surface area contributed by atoms with Gasteiger partial charge in [0.25, 0.3) is 0 Å². The summed E-state index contributed by atoms with van der Waals surface area (Å²) in [5.41, 5.74) is 5.68. The third-order valence-electron chi connectivity index (χ3n) is 3.36. The summed E-state index contributed by atoms with van der Waals surface area (Å²) >= 11 is 0. The highest BCUT2D eigenvalue weighted by atomic mass is 16.2. The number of carbonyl (C=O) groups excluding carboxylic acids is 2. The first-order valence-corrected chi connectivity index (χ1v) is 6.00. The Hall–Kier alpha value is -1.10. The molecule has 2 N–H and O–H groups in total. The molecule has 0 saturated carbocycles. The third-order valence-corrected chi connectivity index (χ3v) is 3.36. The van der Waals surface area contributed by atoms with Crippen LogP contribution in [0.2, 0.25) is 0 Å². The molecule has 2 fully saturated rings. The van der Waals surface area contributed by atoms with E-state index in [1.54, 1.807) is 4.90 Å². The molecular weight excluding hydrogens is 206 g/mol. The van der Waals surface area contributed by atoms with Gasteiger partial charge < -0.3 is 15.5 Å². The van der Waals surface area contributed by atoms with Crippen LogP contribution in [0.1, 0.15) is 25.7 Å². The van der Waals surface area contributed by atoms with Gasteiger partial charge in [-0.1, -0.05) is 0 Å².